The Balaban J connectivity index is 2.45. The minimum Gasteiger partial charge on any atom is -0.444 e. The number of amides is 1. The quantitative estimate of drug-likeness (QED) is 0.746. The number of nitrogens with one attached hydrogen (secondary N) is 1. The first kappa shape index (κ1) is 13.3. The van der Waals surface area contributed by atoms with Crippen LogP contribution in [0.3, 0.4) is 0 Å². The number of hydrogen-bond acceptors (Lipinski definition) is 3. The molecule has 94 valence electrons. The van der Waals surface area contributed by atoms with Crippen LogP contribution in [-0.2, 0) is 4.74 Å². The molecule has 1 aliphatic rings. The highest BCUT2D eigenvalue weighted by molar-refractivity contribution is 5.68. The summed E-state index contributed by atoms with van der Waals surface area (Å²) in [4.78, 5) is 13.5. The summed E-state index contributed by atoms with van der Waals surface area (Å²) in [6, 6.07) is 0.814. The summed E-state index contributed by atoms with van der Waals surface area (Å²) in [6.45, 7) is 8.69. The van der Waals surface area contributed by atoms with Gasteiger partial charge in [-0.25, -0.2) is 4.79 Å². The van der Waals surface area contributed by atoms with E-state index in [9.17, 15) is 4.79 Å². The molecule has 0 aromatic heterocycles. The number of carbonyl (C=O) groups excluding carboxylic acids is 1. The van der Waals surface area contributed by atoms with E-state index in [0.29, 0.717) is 6.04 Å². The molecule has 1 N–H and O–H groups in total. The fraction of sp³-hybridized carbons (Fsp3) is 0.917. The van der Waals surface area contributed by atoms with E-state index in [1.165, 1.54) is 0 Å². The lowest BCUT2D eigenvalue weighted by Crippen LogP contribution is -2.50. The van der Waals surface area contributed by atoms with Gasteiger partial charge in [0.2, 0.25) is 0 Å². The number of piperidine rings is 1. The van der Waals surface area contributed by atoms with Crippen molar-refractivity contribution in [2.75, 3.05) is 13.6 Å². The molecule has 1 heterocycles. The molecule has 0 aromatic rings. The summed E-state index contributed by atoms with van der Waals surface area (Å²) >= 11 is 0. The molecule has 2 atom stereocenters. The van der Waals surface area contributed by atoms with E-state index in [-0.39, 0.29) is 12.1 Å². The zero-order chi connectivity index (χ0) is 12.3. The highest BCUT2D eigenvalue weighted by Crippen LogP contribution is 2.16. The van der Waals surface area contributed by atoms with Crippen molar-refractivity contribution in [3.8, 4) is 0 Å². The molecule has 2 unspecified atom stereocenters. The predicted octanol–water partition coefficient (Wildman–Crippen LogP) is 1.99. The van der Waals surface area contributed by atoms with Crippen LogP contribution >= 0.6 is 0 Å². The highest BCUT2D eigenvalue weighted by Gasteiger charge is 2.27. The van der Waals surface area contributed by atoms with Crippen LogP contribution < -0.4 is 5.32 Å². The molecular formula is C12H24N2O2. The topological polar surface area (TPSA) is 41.6 Å². The molecule has 4 nitrogen and oxygen atoms in total. The molecule has 1 fully saturated rings. The van der Waals surface area contributed by atoms with E-state index in [1.807, 2.05) is 27.8 Å². The molecule has 1 amide bonds. The van der Waals surface area contributed by atoms with Gasteiger partial charge in [-0.3, -0.25) is 0 Å². The fourth-order valence-corrected chi connectivity index (χ4v) is 1.80. The van der Waals surface area contributed by atoms with E-state index in [4.69, 9.17) is 4.74 Å². The Labute approximate surface area is 98.3 Å². The number of ether oxygens (including phenoxy) is 1. The fourth-order valence-electron chi connectivity index (χ4n) is 1.80. The summed E-state index contributed by atoms with van der Waals surface area (Å²) in [5, 5.41) is 3.38. The second-order valence-electron chi connectivity index (χ2n) is 5.63. The normalized spacial score (nSPS) is 26.3. The standard InChI is InChI=1S/C12H24N2O2/c1-9-6-7-10(8-13-9)14(5)11(15)16-12(2,3)4/h9-10,13H,6-8H2,1-5H3. The first-order valence-electron chi connectivity index (χ1n) is 5.99. The first-order chi connectivity index (χ1) is 7.29. The lowest BCUT2D eigenvalue weighted by atomic mass is 10.0. The average Bonchev–Trinajstić information content (AvgIpc) is 2.15. The molecule has 0 bridgehead atoms. The average molecular weight is 228 g/mol. The molecule has 1 aliphatic heterocycles. The van der Waals surface area contributed by atoms with Gasteiger partial charge in [-0.15, -0.1) is 0 Å². The van der Waals surface area contributed by atoms with Crippen molar-refractivity contribution in [3.63, 3.8) is 0 Å². The Morgan fingerprint density at radius 3 is 2.44 bits per heavy atom. The van der Waals surface area contributed by atoms with Crippen LogP contribution in [0.5, 0.6) is 0 Å². The largest absolute Gasteiger partial charge is 0.444 e. The third-order valence-electron chi connectivity index (χ3n) is 2.86. The van der Waals surface area contributed by atoms with Gasteiger partial charge in [0, 0.05) is 25.7 Å². The predicted molar refractivity (Wildman–Crippen MR) is 64.5 cm³/mol. The van der Waals surface area contributed by atoms with E-state index in [1.54, 1.807) is 4.90 Å². The van der Waals surface area contributed by atoms with Gasteiger partial charge in [-0.2, -0.15) is 0 Å². The molecule has 1 rings (SSSR count). The lowest BCUT2D eigenvalue weighted by molar-refractivity contribution is 0.0192. The lowest BCUT2D eigenvalue weighted by Gasteiger charge is -2.35. The van der Waals surface area contributed by atoms with Crippen molar-refractivity contribution in [1.29, 1.82) is 0 Å². The van der Waals surface area contributed by atoms with Crippen molar-refractivity contribution in [2.45, 2.75) is 58.2 Å². The maximum absolute atomic E-state index is 11.8. The van der Waals surface area contributed by atoms with E-state index >= 15 is 0 Å². The van der Waals surface area contributed by atoms with Crippen LogP contribution in [0, 0.1) is 0 Å². The van der Waals surface area contributed by atoms with Crippen LogP contribution in [0.2, 0.25) is 0 Å². The van der Waals surface area contributed by atoms with E-state index < -0.39 is 5.60 Å². The Kier molecular flexibility index (Phi) is 4.19. The maximum atomic E-state index is 11.8. The maximum Gasteiger partial charge on any atom is 0.410 e. The second-order valence-corrected chi connectivity index (χ2v) is 5.63. The Morgan fingerprint density at radius 2 is 2.00 bits per heavy atom. The zero-order valence-electron chi connectivity index (χ0n) is 11.0. The number of nitrogens with zero attached hydrogens (tertiary/aromatic N) is 1. The van der Waals surface area contributed by atoms with Crippen LogP contribution in [0.1, 0.15) is 40.5 Å². The van der Waals surface area contributed by atoms with Crippen LogP contribution in [-0.4, -0.2) is 42.3 Å². The van der Waals surface area contributed by atoms with Gasteiger partial charge in [0.1, 0.15) is 5.60 Å². The van der Waals surface area contributed by atoms with Crippen molar-refractivity contribution >= 4 is 6.09 Å². The third kappa shape index (κ3) is 4.00. The van der Waals surface area contributed by atoms with Crippen LogP contribution in [0.15, 0.2) is 0 Å². The smallest absolute Gasteiger partial charge is 0.410 e. The van der Waals surface area contributed by atoms with Gasteiger partial charge in [0.05, 0.1) is 0 Å². The van der Waals surface area contributed by atoms with Crippen molar-refractivity contribution in [1.82, 2.24) is 10.2 Å². The summed E-state index contributed by atoms with van der Waals surface area (Å²) in [6.07, 6.45) is 1.93. The minimum absolute atomic E-state index is 0.228. The summed E-state index contributed by atoms with van der Waals surface area (Å²) in [5.41, 5.74) is -0.416. The molecular weight excluding hydrogens is 204 g/mol. The van der Waals surface area contributed by atoms with Crippen molar-refractivity contribution in [2.24, 2.45) is 0 Å². The second kappa shape index (κ2) is 5.04. The van der Waals surface area contributed by atoms with Gasteiger partial charge < -0.3 is 15.0 Å². The van der Waals surface area contributed by atoms with E-state index in [0.717, 1.165) is 19.4 Å². The van der Waals surface area contributed by atoms with E-state index in [2.05, 4.69) is 12.2 Å². The summed E-state index contributed by atoms with van der Waals surface area (Å²) in [5.74, 6) is 0. The molecule has 0 aromatic carbocycles. The molecule has 16 heavy (non-hydrogen) atoms. The van der Waals surface area contributed by atoms with Crippen molar-refractivity contribution in [3.05, 3.63) is 0 Å². The van der Waals surface area contributed by atoms with Gasteiger partial charge in [-0.05, 0) is 40.5 Å². The molecule has 0 saturated carbocycles. The molecule has 0 spiro atoms. The Morgan fingerprint density at radius 1 is 1.38 bits per heavy atom. The summed E-state index contributed by atoms with van der Waals surface area (Å²) < 4.78 is 5.34. The molecule has 0 aliphatic carbocycles. The molecule has 1 saturated heterocycles. The number of carbonyl (C=O) groups is 1. The minimum atomic E-state index is -0.416. The number of rotatable bonds is 1. The molecule has 4 heteroatoms. The molecule has 0 radical (unpaired) electrons. The Bertz CT molecular complexity index is 240. The Hall–Kier alpha value is -0.770. The SMILES string of the molecule is CC1CCC(N(C)C(=O)OC(C)(C)C)CN1. The number of likely N-dealkylation sites (N-methyl/N-ethyl adjacent to an activating group) is 1. The van der Waals surface area contributed by atoms with Gasteiger partial charge in [-0.1, -0.05) is 0 Å². The third-order valence-corrected chi connectivity index (χ3v) is 2.86. The van der Waals surface area contributed by atoms with Gasteiger partial charge in [0.15, 0.2) is 0 Å². The van der Waals surface area contributed by atoms with Crippen molar-refractivity contribution < 1.29 is 9.53 Å². The zero-order valence-corrected chi connectivity index (χ0v) is 11.0. The van der Waals surface area contributed by atoms with Gasteiger partial charge >= 0.3 is 6.09 Å². The van der Waals surface area contributed by atoms with Gasteiger partial charge in [0.25, 0.3) is 0 Å². The number of hydrogen-bond donors (Lipinski definition) is 1. The monoisotopic (exact) mass is 228 g/mol. The van der Waals surface area contributed by atoms with Crippen LogP contribution in [0.4, 0.5) is 4.79 Å². The highest BCUT2D eigenvalue weighted by atomic mass is 16.6. The van der Waals surface area contributed by atoms with Crippen LogP contribution in [0.25, 0.3) is 0 Å². The first-order valence-corrected chi connectivity index (χ1v) is 5.99. The summed E-state index contributed by atoms with van der Waals surface area (Å²) in [7, 11) is 1.82.